The van der Waals surface area contributed by atoms with Gasteiger partial charge in [0.1, 0.15) is 11.6 Å². The number of aromatic amines is 1. The van der Waals surface area contributed by atoms with Crippen LogP contribution in [-0.2, 0) is 17.7 Å². The third-order valence-corrected chi connectivity index (χ3v) is 5.10. The highest BCUT2D eigenvalue weighted by atomic mass is 79.9. The fourth-order valence-electron chi connectivity index (χ4n) is 2.58. The van der Waals surface area contributed by atoms with Crippen molar-refractivity contribution >= 4 is 42.9 Å². The lowest BCUT2D eigenvalue weighted by Gasteiger charge is -2.13. The zero-order valence-electron chi connectivity index (χ0n) is 14.1. The van der Waals surface area contributed by atoms with E-state index in [1.165, 1.54) is 7.11 Å². The third-order valence-electron chi connectivity index (χ3n) is 3.93. The number of hydrogen-bond acceptors (Lipinski definition) is 5. The van der Waals surface area contributed by atoms with Crippen molar-refractivity contribution in [1.82, 2.24) is 9.97 Å². The molecule has 1 atom stereocenters. The number of halogens is 2. The molecule has 0 spiro atoms. The number of aliphatic hydroxyl groups excluding tert-OH is 1. The molecule has 4 N–H and O–H groups in total. The van der Waals surface area contributed by atoms with E-state index in [1.807, 2.05) is 30.3 Å². The number of hydrogen-bond donors (Lipinski definition) is 3. The number of imidazole rings is 1. The molecule has 6 nitrogen and oxygen atoms in total. The van der Waals surface area contributed by atoms with Crippen LogP contribution in [0.15, 0.2) is 39.3 Å². The Bertz CT molecular complexity index is 891. The van der Waals surface area contributed by atoms with Crippen LogP contribution in [0.1, 0.15) is 17.8 Å². The van der Waals surface area contributed by atoms with Gasteiger partial charge in [-0.15, -0.1) is 0 Å². The number of aromatic nitrogens is 2. The first-order valence-electron chi connectivity index (χ1n) is 8.05. The first-order valence-corrected chi connectivity index (χ1v) is 9.64. The molecule has 0 aliphatic rings. The van der Waals surface area contributed by atoms with Crippen LogP contribution in [0.5, 0.6) is 11.5 Å². The summed E-state index contributed by atoms with van der Waals surface area (Å²) in [5.41, 5.74) is 8.40. The Balaban J connectivity index is 1.80. The van der Waals surface area contributed by atoms with E-state index in [-0.39, 0.29) is 0 Å². The molecule has 0 radical (unpaired) electrons. The molecule has 26 heavy (non-hydrogen) atoms. The summed E-state index contributed by atoms with van der Waals surface area (Å²) in [4.78, 5) is 7.55. The van der Waals surface area contributed by atoms with Crippen LogP contribution >= 0.6 is 31.9 Å². The van der Waals surface area contributed by atoms with E-state index in [0.717, 1.165) is 31.4 Å². The largest absolute Gasteiger partial charge is 0.455 e. The minimum absolute atomic E-state index is 0.362. The van der Waals surface area contributed by atoms with E-state index in [0.29, 0.717) is 30.9 Å². The number of aryl methyl sites for hydroxylation is 1. The van der Waals surface area contributed by atoms with Gasteiger partial charge < -0.3 is 25.3 Å². The number of aliphatic hydroxyl groups is 1. The van der Waals surface area contributed by atoms with Crippen molar-refractivity contribution in [3.8, 4) is 11.5 Å². The lowest BCUT2D eigenvalue weighted by molar-refractivity contribution is -0.0777. The van der Waals surface area contributed by atoms with E-state index in [4.69, 9.17) is 15.2 Å². The predicted octanol–water partition coefficient (Wildman–Crippen LogP) is 4.24. The van der Waals surface area contributed by atoms with Gasteiger partial charge in [-0.1, -0.05) is 0 Å². The summed E-state index contributed by atoms with van der Waals surface area (Å²) in [6.07, 6.45) is 0.451. The highest BCUT2D eigenvalue weighted by Gasteiger charge is 2.12. The molecular formula is C18H19Br2N3O3. The van der Waals surface area contributed by atoms with E-state index in [1.54, 1.807) is 0 Å². The molecule has 0 amide bonds. The van der Waals surface area contributed by atoms with Crippen LogP contribution in [0.3, 0.4) is 0 Å². The summed E-state index contributed by atoms with van der Waals surface area (Å²) < 4.78 is 12.6. The Morgan fingerprint density at radius 1 is 1.23 bits per heavy atom. The Hall–Kier alpha value is -1.45. The van der Waals surface area contributed by atoms with Crippen LogP contribution in [0.2, 0.25) is 0 Å². The molecule has 138 valence electrons. The van der Waals surface area contributed by atoms with Crippen molar-refractivity contribution in [2.24, 2.45) is 5.73 Å². The van der Waals surface area contributed by atoms with Gasteiger partial charge in [0.25, 0.3) is 0 Å². The normalized spacial score (nSPS) is 12.5. The smallest absolute Gasteiger partial charge is 0.155 e. The average molecular weight is 485 g/mol. The number of methoxy groups -OCH3 is 1. The fraction of sp³-hybridized carbons (Fsp3) is 0.278. The van der Waals surface area contributed by atoms with Crippen molar-refractivity contribution in [2.75, 3.05) is 7.11 Å². The van der Waals surface area contributed by atoms with Gasteiger partial charge >= 0.3 is 0 Å². The molecule has 1 heterocycles. The summed E-state index contributed by atoms with van der Waals surface area (Å²) in [6, 6.07) is 9.60. The topological polar surface area (TPSA) is 93.4 Å². The quantitative estimate of drug-likeness (QED) is 0.436. The van der Waals surface area contributed by atoms with Crippen LogP contribution in [0, 0.1) is 0 Å². The van der Waals surface area contributed by atoms with Gasteiger partial charge in [0.2, 0.25) is 0 Å². The fourth-order valence-corrected chi connectivity index (χ4v) is 4.02. The molecule has 8 heteroatoms. The second kappa shape index (κ2) is 8.49. The summed E-state index contributed by atoms with van der Waals surface area (Å²) in [5.74, 6) is 2.11. The van der Waals surface area contributed by atoms with Crippen molar-refractivity contribution in [1.29, 1.82) is 0 Å². The van der Waals surface area contributed by atoms with Gasteiger partial charge in [-0.2, -0.15) is 0 Å². The van der Waals surface area contributed by atoms with Crippen molar-refractivity contribution in [2.45, 2.75) is 25.7 Å². The van der Waals surface area contributed by atoms with Gasteiger partial charge in [-0.25, -0.2) is 4.98 Å². The summed E-state index contributed by atoms with van der Waals surface area (Å²) in [6.45, 7) is 0.362. The Morgan fingerprint density at radius 3 is 2.62 bits per heavy atom. The van der Waals surface area contributed by atoms with E-state index >= 15 is 0 Å². The van der Waals surface area contributed by atoms with Crippen LogP contribution < -0.4 is 10.5 Å². The average Bonchev–Trinajstić information content (AvgIpc) is 3.05. The second-order valence-electron chi connectivity index (χ2n) is 5.79. The lowest BCUT2D eigenvalue weighted by Crippen LogP contribution is -2.09. The molecule has 0 aliphatic carbocycles. The standard InChI is InChI=1S/C18H19Br2N3O3/c1-25-17(24)5-2-10-6-12(19)18(13(20)7-10)26-11-3-4-14-15(8-11)23-16(9-21)22-14/h3-4,6-8,17,24H,2,5,9,21H2,1H3,(H,22,23). The van der Waals surface area contributed by atoms with E-state index in [2.05, 4.69) is 41.8 Å². The summed E-state index contributed by atoms with van der Waals surface area (Å²) >= 11 is 7.12. The van der Waals surface area contributed by atoms with Gasteiger partial charge in [-0.3, -0.25) is 0 Å². The Morgan fingerprint density at radius 2 is 1.96 bits per heavy atom. The van der Waals surface area contributed by atoms with Crippen molar-refractivity contribution < 1.29 is 14.6 Å². The molecule has 0 saturated carbocycles. The van der Waals surface area contributed by atoms with E-state index < -0.39 is 6.29 Å². The minimum atomic E-state index is -0.761. The maximum absolute atomic E-state index is 9.53. The molecule has 0 bridgehead atoms. The number of nitrogens with zero attached hydrogens (tertiary/aromatic N) is 1. The number of rotatable bonds is 7. The third kappa shape index (κ3) is 4.44. The molecule has 3 aromatic rings. The zero-order valence-corrected chi connectivity index (χ0v) is 17.3. The molecule has 0 aliphatic heterocycles. The SMILES string of the molecule is COC(O)CCc1cc(Br)c(Oc2ccc3nc(CN)[nH]c3c2)c(Br)c1. The van der Waals surface area contributed by atoms with Gasteiger partial charge in [0.05, 0.1) is 26.5 Å². The molecule has 1 aromatic heterocycles. The predicted molar refractivity (Wildman–Crippen MR) is 107 cm³/mol. The number of nitrogens with two attached hydrogens (primary N) is 1. The Labute approximate surface area is 168 Å². The van der Waals surface area contributed by atoms with Crippen LogP contribution in [0.4, 0.5) is 0 Å². The highest BCUT2D eigenvalue weighted by molar-refractivity contribution is 9.11. The summed E-state index contributed by atoms with van der Waals surface area (Å²) in [5, 5.41) is 9.53. The first-order chi connectivity index (χ1) is 12.5. The Kier molecular flexibility index (Phi) is 6.31. The van der Waals surface area contributed by atoms with E-state index in [9.17, 15) is 5.11 Å². The highest BCUT2D eigenvalue weighted by Crippen LogP contribution is 2.38. The molecule has 0 saturated heterocycles. The zero-order chi connectivity index (χ0) is 18.7. The van der Waals surface area contributed by atoms with Gasteiger partial charge in [0.15, 0.2) is 12.0 Å². The molecule has 1 unspecified atom stereocenters. The molecular weight excluding hydrogens is 466 g/mol. The lowest BCUT2D eigenvalue weighted by atomic mass is 10.1. The van der Waals surface area contributed by atoms with Crippen LogP contribution in [-0.4, -0.2) is 28.5 Å². The van der Waals surface area contributed by atoms with Crippen LogP contribution in [0.25, 0.3) is 11.0 Å². The summed E-state index contributed by atoms with van der Waals surface area (Å²) in [7, 11) is 1.49. The van der Waals surface area contributed by atoms with Crippen molar-refractivity contribution in [3.63, 3.8) is 0 Å². The number of fused-ring (bicyclic) bond motifs is 1. The molecule has 2 aromatic carbocycles. The number of ether oxygens (including phenoxy) is 2. The second-order valence-corrected chi connectivity index (χ2v) is 7.49. The molecule has 0 fully saturated rings. The van der Waals surface area contributed by atoms with Gasteiger partial charge in [-0.05, 0) is 68.1 Å². The maximum Gasteiger partial charge on any atom is 0.155 e. The number of H-pyrrole nitrogens is 1. The first kappa shape index (κ1) is 19.3. The van der Waals surface area contributed by atoms with Crippen molar-refractivity contribution in [3.05, 3.63) is 50.7 Å². The maximum atomic E-state index is 9.53. The van der Waals surface area contributed by atoms with Gasteiger partial charge in [0, 0.05) is 19.6 Å². The molecule has 3 rings (SSSR count). The number of nitrogens with one attached hydrogen (secondary N) is 1. The minimum Gasteiger partial charge on any atom is -0.455 e. The monoisotopic (exact) mass is 483 g/mol. The number of benzene rings is 2.